The Hall–Kier alpha value is -1.22. The average Bonchev–Trinajstić information content (AvgIpc) is 2.36. The molecule has 0 aliphatic carbocycles. The zero-order chi connectivity index (χ0) is 13.5. The van der Waals surface area contributed by atoms with Gasteiger partial charge in [-0.15, -0.1) is 0 Å². The second kappa shape index (κ2) is 7.27. The highest BCUT2D eigenvalue weighted by atomic mass is 35.5. The third-order valence-corrected chi connectivity index (χ3v) is 3.04. The molecule has 0 bridgehead atoms. The first kappa shape index (κ1) is 14.8. The fourth-order valence-electron chi connectivity index (χ4n) is 1.83. The molecular weight excluding hydrogens is 250 g/mol. The molecule has 4 heteroatoms. The number of ether oxygens (including phenoxy) is 1. The van der Waals surface area contributed by atoms with Crippen LogP contribution in [-0.2, 0) is 4.74 Å². The SMILES string of the molecule is CCCC(C)CNc1cc(Cl)ccc1C(=O)OC. The Morgan fingerprint density at radius 1 is 1.50 bits per heavy atom. The summed E-state index contributed by atoms with van der Waals surface area (Å²) in [5.41, 5.74) is 1.25. The van der Waals surface area contributed by atoms with Crippen LogP contribution >= 0.6 is 11.6 Å². The number of halogens is 1. The number of nitrogens with one attached hydrogen (secondary N) is 1. The number of rotatable bonds is 6. The van der Waals surface area contributed by atoms with Gasteiger partial charge in [-0.1, -0.05) is 31.9 Å². The predicted octanol–water partition coefficient (Wildman–Crippen LogP) is 3.97. The quantitative estimate of drug-likeness (QED) is 0.794. The van der Waals surface area contributed by atoms with Crippen molar-refractivity contribution in [3.05, 3.63) is 28.8 Å². The van der Waals surface area contributed by atoms with Crippen LogP contribution in [0.25, 0.3) is 0 Å². The van der Waals surface area contributed by atoms with E-state index in [1.165, 1.54) is 7.11 Å². The second-order valence-electron chi connectivity index (χ2n) is 4.46. The van der Waals surface area contributed by atoms with Gasteiger partial charge in [0.1, 0.15) is 0 Å². The number of carbonyl (C=O) groups excluding carboxylic acids is 1. The van der Waals surface area contributed by atoms with Crippen LogP contribution in [0.5, 0.6) is 0 Å². The zero-order valence-electron chi connectivity index (χ0n) is 11.1. The third kappa shape index (κ3) is 4.22. The molecule has 0 saturated heterocycles. The molecule has 1 N–H and O–H groups in total. The number of esters is 1. The van der Waals surface area contributed by atoms with Gasteiger partial charge in [-0.2, -0.15) is 0 Å². The van der Waals surface area contributed by atoms with Crippen molar-refractivity contribution in [2.45, 2.75) is 26.7 Å². The summed E-state index contributed by atoms with van der Waals surface area (Å²) in [6.07, 6.45) is 2.31. The van der Waals surface area contributed by atoms with Crippen LogP contribution in [-0.4, -0.2) is 19.6 Å². The van der Waals surface area contributed by atoms with Crippen LogP contribution in [0.3, 0.4) is 0 Å². The van der Waals surface area contributed by atoms with Crippen molar-refractivity contribution in [2.24, 2.45) is 5.92 Å². The van der Waals surface area contributed by atoms with Gasteiger partial charge in [-0.05, 0) is 30.5 Å². The Kier molecular flexibility index (Phi) is 5.99. The molecule has 0 spiro atoms. The molecule has 100 valence electrons. The Balaban J connectivity index is 2.79. The minimum atomic E-state index is -0.350. The molecule has 0 aliphatic heterocycles. The number of hydrogen-bond acceptors (Lipinski definition) is 3. The lowest BCUT2D eigenvalue weighted by molar-refractivity contribution is 0.0602. The smallest absolute Gasteiger partial charge is 0.339 e. The molecule has 18 heavy (non-hydrogen) atoms. The molecule has 0 aliphatic rings. The number of hydrogen-bond donors (Lipinski definition) is 1. The van der Waals surface area contributed by atoms with Crippen molar-refractivity contribution in [1.29, 1.82) is 0 Å². The summed E-state index contributed by atoms with van der Waals surface area (Å²) in [5, 5.41) is 3.87. The van der Waals surface area contributed by atoms with E-state index in [1.54, 1.807) is 18.2 Å². The molecule has 0 aromatic heterocycles. The van der Waals surface area contributed by atoms with E-state index in [9.17, 15) is 4.79 Å². The summed E-state index contributed by atoms with van der Waals surface area (Å²) in [6, 6.07) is 5.13. The highest BCUT2D eigenvalue weighted by Gasteiger charge is 2.12. The number of methoxy groups -OCH3 is 1. The highest BCUT2D eigenvalue weighted by Crippen LogP contribution is 2.22. The van der Waals surface area contributed by atoms with E-state index in [-0.39, 0.29) is 5.97 Å². The fraction of sp³-hybridized carbons (Fsp3) is 0.500. The normalized spacial score (nSPS) is 12.0. The van der Waals surface area contributed by atoms with Crippen LogP contribution < -0.4 is 5.32 Å². The van der Waals surface area contributed by atoms with Crippen LogP contribution in [0.2, 0.25) is 5.02 Å². The van der Waals surface area contributed by atoms with Gasteiger partial charge in [0.05, 0.1) is 18.4 Å². The average molecular weight is 270 g/mol. The second-order valence-corrected chi connectivity index (χ2v) is 4.89. The first-order valence-corrected chi connectivity index (χ1v) is 6.58. The fourth-order valence-corrected chi connectivity index (χ4v) is 2.00. The molecule has 0 heterocycles. The van der Waals surface area contributed by atoms with Crippen LogP contribution in [0.4, 0.5) is 5.69 Å². The zero-order valence-corrected chi connectivity index (χ0v) is 11.9. The molecule has 0 fully saturated rings. The summed E-state index contributed by atoms with van der Waals surface area (Å²) >= 11 is 5.95. The van der Waals surface area contributed by atoms with Gasteiger partial charge in [0.15, 0.2) is 0 Å². The summed E-state index contributed by atoms with van der Waals surface area (Å²) in [7, 11) is 1.38. The van der Waals surface area contributed by atoms with Gasteiger partial charge in [0, 0.05) is 11.6 Å². The van der Waals surface area contributed by atoms with Crippen molar-refractivity contribution in [1.82, 2.24) is 0 Å². The van der Waals surface area contributed by atoms with Gasteiger partial charge >= 0.3 is 5.97 Å². The molecule has 1 unspecified atom stereocenters. The molecule has 0 radical (unpaired) electrons. The topological polar surface area (TPSA) is 38.3 Å². The Morgan fingerprint density at radius 3 is 2.83 bits per heavy atom. The lowest BCUT2D eigenvalue weighted by Crippen LogP contribution is -2.14. The summed E-state index contributed by atoms with van der Waals surface area (Å²) in [6.45, 7) is 5.16. The first-order valence-electron chi connectivity index (χ1n) is 6.20. The molecule has 1 atom stereocenters. The molecule has 1 aromatic rings. The Morgan fingerprint density at radius 2 is 2.22 bits per heavy atom. The number of benzene rings is 1. The van der Waals surface area contributed by atoms with Crippen molar-refractivity contribution in [2.75, 3.05) is 19.0 Å². The maximum absolute atomic E-state index is 11.6. The van der Waals surface area contributed by atoms with Gasteiger partial charge in [0.2, 0.25) is 0 Å². The van der Waals surface area contributed by atoms with Crippen LogP contribution in [0, 0.1) is 5.92 Å². The van der Waals surface area contributed by atoms with E-state index >= 15 is 0 Å². The maximum atomic E-state index is 11.6. The summed E-state index contributed by atoms with van der Waals surface area (Å²) in [4.78, 5) is 11.6. The van der Waals surface area contributed by atoms with Crippen LogP contribution in [0.1, 0.15) is 37.0 Å². The third-order valence-electron chi connectivity index (χ3n) is 2.81. The summed E-state index contributed by atoms with van der Waals surface area (Å²) < 4.78 is 4.75. The van der Waals surface area contributed by atoms with E-state index < -0.39 is 0 Å². The standard InChI is InChI=1S/C14H20ClNO2/c1-4-5-10(2)9-16-13-8-11(15)6-7-12(13)14(17)18-3/h6-8,10,16H,4-5,9H2,1-3H3. The van der Waals surface area contributed by atoms with Crippen molar-refractivity contribution < 1.29 is 9.53 Å². The van der Waals surface area contributed by atoms with E-state index in [1.807, 2.05) is 0 Å². The molecule has 1 rings (SSSR count). The molecule has 0 amide bonds. The minimum absolute atomic E-state index is 0.350. The van der Waals surface area contributed by atoms with Gasteiger partial charge < -0.3 is 10.1 Å². The van der Waals surface area contributed by atoms with E-state index in [0.717, 1.165) is 25.1 Å². The largest absolute Gasteiger partial charge is 0.465 e. The molecule has 3 nitrogen and oxygen atoms in total. The van der Waals surface area contributed by atoms with Crippen molar-refractivity contribution >= 4 is 23.3 Å². The number of anilines is 1. The molecular formula is C14H20ClNO2. The Bertz CT molecular complexity index is 407. The number of carbonyl (C=O) groups is 1. The van der Waals surface area contributed by atoms with E-state index in [4.69, 9.17) is 16.3 Å². The van der Waals surface area contributed by atoms with Gasteiger partial charge in [-0.3, -0.25) is 0 Å². The van der Waals surface area contributed by atoms with E-state index in [2.05, 4.69) is 19.2 Å². The monoisotopic (exact) mass is 269 g/mol. The molecule has 0 saturated carbocycles. The van der Waals surface area contributed by atoms with Crippen LogP contribution in [0.15, 0.2) is 18.2 Å². The highest BCUT2D eigenvalue weighted by molar-refractivity contribution is 6.31. The maximum Gasteiger partial charge on any atom is 0.339 e. The van der Waals surface area contributed by atoms with Crippen molar-refractivity contribution in [3.8, 4) is 0 Å². The lowest BCUT2D eigenvalue weighted by Gasteiger charge is -2.15. The van der Waals surface area contributed by atoms with E-state index in [0.29, 0.717) is 16.5 Å². The molecule has 1 aromatic carbocycles. The van der Waals surface area contributed by atoms with Gasteiger partial charge in [-0.25, -0.2) is 4.79 Å². The minimum Gasteiger partial charge on any atom is -0.465 e. The van der Waals surface area contributed by atoms with Crippen molar-refractivity contribution in [3.63, 3.8) is 0 Å². The van der Waals surface area contributed by atoms with Gasteiger partial charge in [0.25, 0.3) is 0 Å². The summed E-state index contributed by atoms with van der Waals surface area (Å²) in [5.74, 6) is 0.205. The predicted molar refractivity (Wildman–Crippen MR) is 75.4 cm³/mol. The Labute approximate surface area is 113 Å². The first-order chi connectivity index (χ1) is 8.58. The lowest BCUT2D eigenvalue weighted by atomic mass is 10.1.